The van der Waals surface area contributed by atoms with Gasteiger partial charge in [0.25, 0.3) is 0 Å². The number of para-hydroxylation sites is 4. The smallest absolute Gasteiger partial charge is 0.182 e. The number of furan rings is 1. The molecule has 56 heavy (non-hydrogen) atoms. The van der Waals surface area contributed by atoms with Crippen molar-refractivity contribution in [1.29, 1.82) is 0 Å². The molecule has 0 radical (unpaired) electrons. The predicted octanol–water partition coefficient (Wildman–Crippen LogP) is 12.7. The molecule has 0 fully saturated rings. The molecule has 12 rings (SSSR count). The Bertz CT molecular complexity index is 3480. The maximum Gasteiger partial charge on any atom is 0.182 e. The van der Waals surface area contributed by atoms with Gasteiger partial charge >= 0.3 is 0 Å². The number of hydrogen-bond donors (Lipinski definition) is 0. The van der Waals surface area contributed by atoms with Gasteiger partial charge in [-0.2, -0.15) is 0 Å². The third-order valence-electron chi connectivity index (χ3n) is 11.1. The summed E-state index contributed by atoms with van der Waals surface area (Å²) in [5, 5.41) is 11.9. The Kier molecular flexibility index (Phi) is 6.53. The topological polar surface area (TPSA) is 53.7 Å². The highest BCUT2D eigenvalue weighted by Gasteiger charge is 2.23. The van der Waals surface area contributed by atoms with Crippen LogP contribution in [-0.4, -0.2) is 23.9 Å². The molecule has 8 aromatic carbocycles. The van der Waals surface area contributed by atoms with Crippen molar-refractivity contribution in [3.05, 3.63) is 188 Å². The number of benzene rings is 8. The molecule has 0 bridgehead atoms. The lowest BCUT2D eigenvalue weighted by Crippen LogP contribution is -2.00. The minimum atomic E-state index is 0.684. The van der Waals surface area contributed by atoms with Crippen LogP contribution >= 0.6 is 0 Å². The summed E-state index contributed by atoms with van der Waals surface area (Å²) in [7, 11) is 0. The Labute approximate surface area is 320 Å². The first kappa shape index (κ1) is 30.7. The quantitative estimate of drug-likeness (QED) is 0.178. The molecule has 6 heteroatoms. The molecule has 0 unspecified atom stereocenters. The zero-order chi connectivity index (χ0) is 36.7. The van der Waals surface area contributed by atoms with E-state index in [0.29, 0.717) is 5.82 Å². The maximum atomic E-state index is 6.58. The van der Waals surface area contributed by atoms with Crippen molar-refractivity contribution in [2.45, 2.75) is 0 Å². The highest BCUT2D eigenvalue weighted by Crippen LogP contribution is 2.42. The van der Waals surface area contributed by atoms with Crippen molar-refractivity contribution in [2.24, 2.45) is 0 Å². The zero-order valence-corrected chi connectivity index (χ0v) is 30.0. The van der Waals surface area contributed by atoms with E-state index in [2.05, 4.69) is 155 Å². The van der Waals surface area contributed by atoms with Gasteiger partial charge < -0.3 is 13.6 Å². The van der Waals surface area contributed by atoms with E-state index in [1.54, 1.807) is 0 Å². The van der Waals surface area contributed by atoms with Gasteiger partial charge in [0.1, 0.15) is 11.2 Å². The Morgan fingerprint density at radius 3 is 1.73 bits per heavy atom. The summed E-state index contributed by atoms with van der Waals surface area (Å²) in [5.74, 6) is 1.48. The van der Waals surface area contributed by atoms with Gasteiger partial charge in [0, 0.05) is 49.4 Å². The Hall–Kier alpha value is -7.70. The van der Waals surface area contributed by atoms with E-state index in [1.807, 2.05) is 47.1 Å². The predicted molar refractivity (Wildman–Crippen MR) is 228 cm³/mol. The molecule has 6 nitrogen and oxygen atoms in total. The van der Waals surface area contributed by atoms with Gasteiger partial charge in [-0.3, -0.25) is 0 Å². The molecule has 0 amide bonds. The molecule has 0 saturated carbocycles. The summed E-state index contributed by atoms with van der Waals surface area (Å²) in [6.45, 7) is 0. The Balaban J connectivity index is 1.09. The van der Waals surface area contributed by atoms with Gasteiger partial charge in [0.2, 0.25) is 0 Å². The average Bonchev–Trinajstić information content (AvgIpc) is 4.04. The van der Waals surface area contributed by atoms with E-state index >= 15 is 0 Å². The van der Waals surface area contributed by atoms with Crippen LogP contribution in [0, 0.1) is 0 Å². The molecule has 4 heterocycles. The van der Waals surface area contributed by atoms with E-state index in [1.165, 1.54) is 0 Å². The summed E-state index contributed by atoms with van der Waals surface area (Å²) in [4.78, 5) is 5.24. The molecule has 0 N–H and O–H groups in total. The van der Waals surface area contributed by atoms with E-state index in [9.17, 15) is 0 Å². The first-order valence-electron chi connectivity index (χ1n) is 18.8. The number of hydrogen-bond acceptors (Lipinski definition) is 3. The third-order valence-corrected chi connectivity index (χ3v) is 11.1. The van der Waals surface area contributed by atoms with Crippen molar-refractivity contribution in [2.75, 3.05) is 0 Å². The number of rotatable bonds is 5. The fourth-order valence-electron chi connectivity index (χ4n) is 8.71. The first-order valence-corrected chi connectivity index (χ1v) is 18.8. The van der Waals surface area contributed by atoms with Gasteiger partial charge in [-0.05, 0) is 66.7 Å². The number of aromatic nitrogens is 5. The molecule has 0 atom stereocenters. The maximum absolute atomic E-state index is 6.58. The van der Waals surface area contributed by atoms with Crippen LogP contribution in [0.1, 0.15) is 0 Å². The van der Waals surface area contributed by atoms with Crippen LogP contribution in [0.15, 0.2) is 192 Å². The van der Waals surface area contributed by atoms with Gasteiger partial charge in [-0.15, -0.1) is 5.10 Å². The average molecular weight is 718 g/mol. The second kappa shape index (κ2) is 11.9. The van der Waals surface area contributed by atoms with Crippen LogP contribution in [0.25, 0.3) is 105 Å². The van der Waals surface area contributed by atoms with Crippen LogP contribution in [0.4, 0.5) is 0 Å². The molecule has 0 aliphatic heterocycles. The van der Waals surface area contributed by atoms with E-state index in [0.717, 1.165) is 99.6 Å². The largest absolute Gasteiger partial charge is 0.455 e. The lowest BCUT2D eigenvalue weighted by atomic mass is 10.1. The fourth-order valence-corrected chi connectivity index (χ4v) is 8.71. The first-order chi connectivity index (χ1) is 27.8. The normalized spacial score (nSPS) is 11.9. The molecule has 0 spiro atoms. The van der Waals surface area contributed by atoms with E-state index in [-0.39, 0.29) is 0 Å². The van der Waals surface area contributed by atoms with Crippen LogP contribution < -0.4 is 0 Å². The number of fused-ring (bicyclic) bond motifs is 10. The minimum absolute atomic E-state index is 0.684. The summed E-state index contributed by atoms with van der Waals surface area (Å²) in [5.41, 5.74) is 11.4. The van der Waals surface area contributed by atoms with Crippen LogP contribution in [0.5, 0.6) is 0 Å². The van der Waals surface area contributed by atoms with Crippen molar-refractivity contribution in [3.63, 3.8) is 0 Å². The Morgan fingerprint density at radius 1 is 0.411 bits per heavy atom. The molecule has 262 valence electrons. The summed E-state index contributed by atoms with van der Waals surface area (Å²) in [6.07, 6.45) is 0. The summed E-state index contributed by atoms with van der Waals surface area (Å²) < 4.78 is 13.3. The SMILES string of the molecule is c1ccc(-c2nc(-c3cccc4c3c3ccccc3n4-c3cccc(-n4c5ccccc5c5c6oc7ccccc7c6ccc54)c3)n(-c3ccccc3)n2)cc1. The van der Waals surface area contributed by atoms with Gasteiger partial charge in [-0.25, -0.2) is 9.67 Å². The standard InChI is InChI=1S/C50H31N5O/c1-3-15-32(16-4-1)49-51-50(55(52-49)33-17-5-2-6-18-33)40-24-14-27-43-46(40)38-22-7-10-25-41(38)53(43)34-19-13-20-35(31-34)54-42-26-11-8-23-39(42)47-44(54)30-29-37-36-21-9-12-28-45(36)56-48(37)47/h1-31H. The van der Waals surface area contributed by atoms with E-state index in [4.69, 9.17) is 14.5 Å². The van der Waals surface area contributed by atoms with Gasteiger partial charge in [0.15, 0.2) is 11.6 Å². The monoisotopic (exact) mass is 717 g/mol. The van der Waals surface area contributed by atoms with Crippen LogP contribution in [0.3, 0.4) is 0 Å². The van der Waals surface area contributed by atoms with Crippen molar-refractivity contribution >= 4 is 65.6 Å². The molecule has 4 aromatic heterocycles. The Morgan fingerprint density at radius 2 is 0.982 bits per heavy atom. The van der Waals surface area contributed by atoms with Crippen LogP contribution in [0.2, 0.25) is 0 Å². The zero-order valence-electron chi connectivity index (χ0n) is 30.0. The molecule has 0 aliphatic rings. The van der Waals surface area contributed by atoms with Crippen molar-refractivity contribution in [3.8, 4) is 39.8 Å². The third kappa shape index (κ3) is 4.44. The second-order valence-electron chi connectivity index (χ2n) is 14.2. The van der Waals surface area contributed by atoms with Gasteiger partial charge in [0.05, 0.1) is 33.1 Å². The summed E-state index contributed by atoms with van der Waals surface area (Å²) in [6, 6.07) is 65.9. The second-order valence-corrected chi connectivity index (χ2v) is 14.2. The van der Waals surface area contributed by atoms with Gasteiger partial charge in [-0.1, -0.05) is 121 Å². The molecule has 12 aromatic rings. The molecule has 0 saturated heterocycles. The molecular weight excluding hydrogens is 687 g/mol. The molecular formula is C50H31N5O. The van der Waals surface area contributed by atoms with Crippen molar-refractivity contribution in [1.82, 2.24) is 23.9 Å². The van der Waals surface area contributed by atoms with Crippen molar-refractivity contribution < 1.29 is 4.42 Å². The van der Waals surface area contributed by atoms with E-state index < -0.39 is 0 Å². The van der Waals surface area contributed by atoms with Crippen LogP contribution in [-0.2, 0) is 0 Å². The fraction of sp³-hybridized carbons (Fsp3) is 0. The number of nitrogens with zero attached hydrogens (tertiary/aromatic N) is 5. The molecule has 0 aliphatic carbocycles. The lowest BCUT2D eigenvalue weighted by molar-refractivity contribution is 0.673. The summed E-state index contributed by atoms with van der Waals surface area (Å²) >= 11 is 0. The minimum Gasteiger partial charge on any atom is -0.455 e. The highest BCUT2D eigenvalue weighted by atomic mass is 16.3. The highest BCUT2D eigenvalue weighted by molar-refractivity contribution is 6.24. The lowest BCUT2D eigenvalue weighted by Gasteiger charge is -2.13.